The van der Waals surface area contributed by atoms with E-state index < -0.39 is 11.7 Å². The van der Waals surface area contributed by atoms with Gasteiger partial charge in [0.1, 0.15) is 11.5 Å². The first-order chi connectivity index (χ1) is 7.66. The molecule has 0 aliphatic heterocycles. The van der Waals surface area contributed by atoms with Crippen LogP contribution in [0.15, 0.2) is 29.6 Å². The van der Waals surface area contributed by atoms with Crippen molar-refractivity contribution in [3.05, 3.63) is 41.2 Å². The number of nitrogens with zero attached hydrogens (tertiary/aromatic N) is 1. The quantitative estimate of drug-likeness (QED) is 0.840. The maximum atomic E-state index is 13.2. The summed E-state index contributed by atoms with van der Waals surface area (Å²) in [6, 6.07) is 5.92. The molecule has 0 saturated heterocycles. The standard InChI is InChI=1S/C10H8FN3OS/c11-6-3-1-2-4-7(6)13-9(15)8-5-16-10(12)14-8/h1-5H,(H2,12,14)(H,13,15). The highest BCUT2D eigenvalue weighted by molar-refractivity contribution is 7.13. The molecule has 0 fully saturated rings. The molecule has 1 aromatic carbocycles. The van der Waals surface area contributed by atoms with E-state index in [1.54, 1.807) is 12.1 Å². The van der Waals surface area contributed by atoms with Crippen molar-refractivity contribution < 1.29 is 9.18 Å². The second-order valence-electron chi connectivity index (χ2n) is 3.00. The third kappa shape index (κ3) is 2.17. The monoisotopic (exact) mass is 237 g/mol. The van der Waals surface area contributed by atoms with Crippen LogP contribution in [0.1, 0.15) is 10.5 Å². The fourth-order valence-corrected chi connectivity index (χ4v) is 1.68. The maximum Gasteiger partial charge on any atom is 0.275 e. The summed E-state index contributed by atoms with van der Waals surface area (Å²) in [7, 11) is 0. The molecule has 0 aliphatic carbocycles. The average molecular weight is 237 g/mol. The Balaban J connectivity index is 2.17. The summed E-state index contributed by atoms with van der Waals surface area (Å²) in [4.78, 5) is 15.4. The van der Waals surface area contributed by atoms with Gasteiger partial charge >= 0.3 is 0 Å². The van der Waals surface area contributed by atoms with Gasteiger partial charge in [-0.15, -0.1) is 11.3 Å². The molecule has 0 unspecified atom stereocenters. The number of rotatable bonds is 2. The van der Waals surface area contributed by atoms with Crippen molar-refractivity contribution in [2.45, 2.75) is 0 Å². The lowest BCUT2D eigenvalue weighted by Gasteiger charge is -2.03. The number of amides is 1. The zero-order chi connectivity index (χ0) is 11.5. The van der Waals surface area contributed by atoms with E-state index in [-0.39, 0.29) is 11.4 Å². The van der Waals surface area contributed by atoms with Crippen LogP contribution in [0.2, 0.25) is 0 Å². The van der Waals surface area contributed by atoms with Gasteiger partial charge in [0.25, 0.3) is 5.91 Å². The van der Waals surface area contributed by atoms with Crippen LogP contribution in [-0.4, -0.2) is 10.9 Å². The van der Waals surface area contributed by atoms with Crippen molar-refractivity contribution in [3.63, 3.8) is 0 Å². The van der Waals surface area contributed by atoms with Crippen LogP contribution in [0.25, 0.3) is 0 Å². The number of thiazole rings is 1. The third-order valence-electron chi connectivity index (χ3n) is 1.88. The van der Waals surface area contributed by atoms with Crippen LogP contribution < -0.4 is 11.1 Å². The van der Waals surface area contributed by atoms with Gasteiger partial charge < -0.3 is 11.1 Å². The van der Waals surface area contributed by atoms with E-state index in [1.807, 2.05) is 0 Å². The highest BCUT2D eigenvalue weighted by atomic mass is 32.1. The van der Waals surface area contributed by atoms with Crippen molar-refractivity contribution >= 4 is 28.1 Å². The summed E-state index contributed by atoms with van der Waals surface area (Å²) in [5.41, 5.74) is 5.70. The number of carbonyl (C=O) groups is 1. The summed E-state index contributed by atoms with van der Waals surface area (Å²) in [6.07, 6.45) is 0. The topological polar surface area (TPSA) is 68.0 Å². The van der Waals surface area contributed by atoms with Crippen LogP contribution in [0, 0.1) is 5.82 Å². The minimum atomic E-state index is -0.487. The number of halogens is 1. The second kappa shape index (κ2) is 4.28. The Morgan fingerprint density at radius 3 is 2.81 bits per heavy atom. The largest absolute Gasteiger partial charge is 0.375 e. The smallest absolute Gasteiger partial charge is 0.275 e. The van der Waals surface area contributed by atoms with Gasteiger partial charge in [0.15, 0.2) is 5.13 Å². The molecule has 0 aliphatic rings. The SMILES string of the molecule is Nc1nc(C(=O)Nc2ccccc2F)cs1. The molecule has 1 aromatic heterocycles. The molecule has 4 nitrogen and oxygen atoms in total. The molecule has 0 bridgehead atoms. The van der Waals surface area contributed by atoms with Crippen LogP contribution in [0.3, 0.4) is 0 Å². The zero-order valence-electron chi connectivity index (χ0n) is 8.11. The highest BCUT2D eigenvalue weighted by Crippen LogP contribution is 2.16. The number of hydrogen-bond donors (Lipinski definition) is 2. The molecule has 82 valence electrons. The summed E-state index contributed by atoms with van der Waals surface area (Å²) >= 11 is 1.16. The van der Waals surface area contributed by atoms with Crippen molar-refractivity contribution in [1.82, 2.24) is 4.98 Å². The molecule has 16 heavy (non-hydrogen) atoms. The third-order valence-corrected chi connectivity index (χ3v) is 2.55. The van der Waals surface area contributed by atoms with Gasteiger partial charge in [-0.2, -0.15) is 0 Å². The Hall–Kier alpha value is -1.95. The van der Waals surface area contributed by atoms with E-state index in [0.29, 0.717) is 5.13 Å². The van der Waals surface area contributed by atoms with E-state index in [9.17, 15) is 9.18 Å². The fourth-order valence-electron chi connectivity index (χ4n) is 1.14. The number of para-hydroxylation sites is 1. The first-order valence-corrected chi connectivity index (χ1v) is 5.31. The lowest BCUT2D eigenvalue weighted by Crippen LogP contribution is -2.13. The maximum absolute atomic E-state index is 13.2. The van der Waals surface area contributed by atoms with Crippen molar-refractivity contribution in [2.24, 2.45) is 0 Å². The number of aromatic nitrogens is 1. The predicted octanol–water partition coefficient (Wildman–Crippen LogP) is 2.12. The molecule has 3 N–H and O–H groups in total. The molecule has 2 aromatic rings. The number of nitrogen functional groups attached to an aromatic ring is 1. The Morgan fingerprint density at radius 2 is 2.19 bits per heavy atom. The van der Waals surface area contributed by atoms with Gasteiger partial charge in [-0.25, -0.2) is 9.37 Å². The van der Waals surface area contributed by atoms with Crippen LogP contribution in [-0.2, 0) is 0 Å². The lowest BCUT2D eigenvalue weighted by atomic mass is 10.3. The first kappa shape index (κ1) is 10.6. The summed E-state index contributed by atoms with van der Waals surface area (Å²) in [5, 5.41) is 4.24. The minimum Gasteiger partial charge on any atom is -0.375 e. The van der Waals surface area contributed by atoms with Gasteiger partial charge in [0.2, 0.25) is 0 Å². The molecule has 1 amide bonds. The van der Waals surface area contributed by atoms with E-state index >= 15 is 0 Å². The van der Waals surface area contributed by atoms with Gasteiger partial charge in [0.05, 0.1) is 5.69 Å². The van der Waals surface area contributed by atoms with Gasteiger partial charge in [-0.05, 0) is 12.1 Å². The number of nitrogens with one attached hydrogen (secondary N) is 1. The van der Waals surface area contributed by atoms with E-state index in [4.69, 9.17) is 5.73 Å². The molecule has 1 heterocycles. The Labute approximate surface area is 94.9 Å². The van der Waals surface area contributed by atoms with Gasteiger partial charge in [-0.1, -0.05) is 12.1 Å². The molecule has 0 atom stereocenters. The number of benzene rings is 1. The highest BCUT2D eigenvalue weighted by Gasteiger charge is 2.11. The summed E-state index contributed by atoms with van der Waals surface area (Å²) in [5.74, 6) is -0.961. The Kier molecular flexibility index (Phi) is 2.82. The van der Waals surface area contributed by atoms with Crippen molar-refractivity contribution in [3.8, 4) is 0 Å². The number of anilines is 2. The van der Waals surface area contributed by atoms with E-state index in [0.717, 1.165) is 11.3 Å². The molecule has 6 heteroatoms. The van der Waals surface area contributed by atoms with Gasteiger partial charge in [-0.3, -0.25) is 4.79 Å². The molecular formula is C10H8FN3OS. The summed E-state index contributed by atoms with van der Waals surface area (Å²) < 4.78 is 13.2. The fraction of sp³-hybridized carbons (Fsp3) is 0. The molecule has 0 radical (unpaired) electrons. The molecule has 0 saturated carbocycles. The molecular weight excluding hydrogens is 229 g/mol. The second-order valence-corrected chi connectivity index (χ2v) is 3.89. The zero-order valence-corrected chi connectivity index (χ0v) is 8.92. The van der Waals surface area contributed by atoms with Crippen LogP contribution in [0.4, 0.5) is 15.2 Å². The van der Waals surface area contributed by atoms with Gasteiger partial charge in [0, 0.05) is 5.38 Å². The minimum absolute atomic E-state index is 0.124. The number of nitrogens with two attached hydrogens (primary N) is 1. The van der Waals surface area contributed by atoms with E-state index in [2.05, 4.69) is 10.3 Å². The van der Waals surface area contributed by atoms with Crippen LogP contribution >= 0.6 is 11.3 Å². The predicted molar refractivity (Wildman–Crippen MR) is 60.9 cm³/mol. The summed E-state index contributed by atoms with van der Waals surface area (Å²) in [6.45, 7) is 0. The Bertz CT molecular complexity index is 526. The number of hydrogen-bond acceptors (Lipinski definition) is 4. The number of carbonyl (C=O) groups excluding carboxylic acids is 1. The average Bonchev–Trinajstić information content (AvgIpc) is 2.68. The Morgan fingerprint density at radius 1 is 1.44 bits per heavy atom. The molecule has 2 rings (SSSR count). The van der Waals surface area contributed by atoms with Crippen molar-refractivity contribution in [1.29, 1.82) is 0 Å². The van der Waals surface area contributed by atoms with E-state index in [1.165, 1.54) is 17.5 Å². The molecule has 0 spiro atoms. The first-order valence-electron chi connectivity index (χ1n) is 4.43. The van der Waals surface area contributed by atoms with Crippen molar-refractivity contribution in [2.75, 3.05) is 11.1 Å². The van der Waals surface area contributed by atoms with Crippen LogP contribution in [0.5, 0.6) is 0 Å². The lowest BCUT2D eigenvalue weighted by molar-refractivity contribution is 0.102. The normalized spacial score (nSPS) is 10.1.